The molecule has 4 heterocycles. The molecule has 0 unspecified atom stereocenters. The number of hydrogen-bond donors (Lipinski definition) is 1. The zero-order chi connectivity index (χ0) is 20.7. The second-order valence-electron chi connectivity index (χ2n) is 8.30. The molecule has 0 spiro atoms. The smallest absolute Gasteiger partial charge is 0.272 e. The second-order valence-corrected chi connectivity index (χ2v) is 8.30. The van der Waals surface area contributed by atoms with Crippen molar-refractivity contribution in [1.82, 2.24) is 30.0 Å². The number of carbonyl (C=O) groups is 1. The molecule has 2 aliphatic rings. The van der Waals surface area contributed by atoms with Gasteiger partial charge in [-0.3, -0.25) is 14.8 Å². The van der Waals surface area contributed by atoms with E-state index in [0.717, 1.165) is 37.5 Å². The van der Waals surface area contributed by atoms with Crippen molar-refractivity contribution in [2.24, 2.45) is 5.92 Å². The second kappa shape index (κ2) is 7.28. The van der Waals surface area contributed by atoms with Crippen LogP contribution in [0.2, 0.25) is 0 Å². The minimum absolute atomic E-state index is 0.175. The third kappa shape index (κ3) is 3.27. The average Bonchev–Trinajstić information content (AvgIpc) is 3.41. The van der Waals surface area contributed by atoms with Gasteiger partial charge in [0, 0.05) is 38.6 Å². The summed E-state index contributed by atoms with van der Waals surface area (Å²) in [6.45, 7) is 5.53. The SMILES string of the molecule is Cc1nc([C@]23CN(Cc4ccccc4)C[C@H]2CN(C(=O)c2ccc(F)cn2)C3)n[nH]1. The van der Waals surface area contributed by atoms with Crippen LogP contribution in [0, 0.1) is 18.7 Å². The van der Waals surface area contributed by atoms with Crippen molar-refractivity contribution in [1.29, 1.82) is 0 Å². The highest BCUT2D eigenvalue weighted by molar-refractivity contribution is 5.92. The minimum atomic E-state index is -0.450. The number of benzene rings is 1. The van der Waals surface area contributed by atoms with Crippen molar-refractivity contribution in [3.63, 3.8) is 0 Å². The first-order valence-electron chi connectivity index (χ1n) is 10.1. The van der Waals surface area contributed by atoms with Gasteiger partial charge in [0.15, 0.2) is 5.82 Å². The predicted octanol–water partition coefficient (Wildman–Crippen LogP) is 2.17. The van der Waals surface area contributed by atoms with Crippen molar-refractivity contribution in [3.8, 4) is 0 Å². The van der Waals surface area contributed by atoms with Gasteiger partial charge in [-0.05, 0) is 24.6 Å². The summed E-state index contributed by atoms with van der Waals surface area (Å²) in [6.07, 6.45) is 1.08. The van der Waals surface area contributed by atoms with E-state index in [2.05, 4.69) is 49.3 Å². The number of nitrogens with one attached hydrogen (secondary N) is 1. The highest BCUT2D eigenvalue weighted by Gasteiger charge is 2.56. The molecule has 0 bridgehead atoms. The summed E-state index contributed by atoms with van der Waals surface area (Å²) in [7, 11) is 0. The van der Waals surface area contributed by atoms with Gasteiger partial charge in [0.25, 0.3) is 5.91 Å². The van der Waals surface area contributed by atoms with Crippen LogP contribution in [0.15, 0.2) is 48.7 Å². The third-order valence-electron chi connectivity index (χ3n) is 6.20. The number of aromatic amines is 1. The Morgan fingerprint density at radius 3 is 2.73 bits per heavy atom. The van der Waals surface area contributed by atoms with Gasteiger partial charge >= 0.3 is 0 Å². The van der Waals surface area contributed by atoms with Crippen LogP contribution >= 0.6 is 0 Å². The van der Waals surface area contributed by atoms with Gasteiger partial charge < -0.3 is 4.90 Å². The molecule has 7 nitrogen and oxygen atoms in total. The fourth-order valence-corrected chi connectivity index (χ4v) is 4.83. The Kier molecular flexibility index (Phi) is 4.58. The molecule has 1 N–H and O–H groups in total. The Labute approximate surface area is 174 Å². The molecule has 0 radical (unpaired) electrons. The van der Waals surface area contributed by atoms with Crippen LogP contribution in [-0.4, -0.2) is 62.1 Å². The number of nitrogens with zero attached hydrogens (tertiary/aromatic N) is 5. The summed E-state index contributed by atoms with van der Waals surface area (Å²) >= 11 is 0. The zero-order valence-corrected chi connectivity index (χ0v) is 16.8. The minimum Gasteiger partial charge on any atom is -0.336 e. The van der Waals surface area contributed by atoms with E-state index >= 15 is 0 Å². The number of amides is 1. The predicted molar refractivity (Wildman–Crippen MR) is 108 cm³/mol. The fourth-order valence-electron chi connectivity index (χ4n) is 4.83. The third-order valence-corrected chi connectivity index (χ3v) is 6.20. The summed E-state index contributed by atoms with van der Waals surface area (Å²) < 4.78 is 13.2. The lowest BCUT2D eigenvalue weighted by Gasteiger charge is -2.27. The molecule has 0 saturated carbocycles. The molecule has 3 aromatic rings. The Morgan fingerprint density at radius 1 is 1.20 bits per heavy atom. The van der Waals surface area contributed by atoms with Crippen molar-refractivity contribution < 1.29 is 9.18 Å². The van der Waals surface area contributed by atoms with Crippen LogP contribution < -0.4 is 0 Å². The van der Waals surface area contributed by atoms with Gasteiger partial charge in [-0.2, -0.15) is 5.10 Å². The van der Waals surface area contributed by atoms with E-state index in [0.29, 0.717) is 13.1 Å². The van der Waals surface area contributed by atoms with E-state index in [-0.39, 0.29) is 22.9 Å². The average molecular weight is 406 g/mol. The van der Waals surface area contributed by atoms with Gasteiger partial charge in [0.2, 0.25) is 0 Å². The van der Waals surface area contributed by atoms with Crippen LogP contribution in [0.5, 0.6) is 0 Å². The lowest BCUT2D eigenvalue weighted by atomic mass is 9.80. The largest absolute Gasteiger partial charge is 0.336 e. The molecule has 1 aromatic carbocycles. The molecule has 2 fully saturated rings. The lowest BCUT2D eigenvalue weighted by molar-refractivity contribution is 0.0763. The summed E-state index contributed by atoms with van der Waals surface area (Å²) in [6, 6.07) is 13.1. The van der Waals surface area contributed by atoms with Crippen LogP contribution in [0.25, 0.3) is 0 Å². The maximum absolute atomic E-state index is 13.2. The number of rotatable bonds is 4. The number of hydrogen-bond acceptors (Lipinski definition) is 5. The number of pyridine rings is 1. The van der Waals surface area contributed by atoms with Crippen LogP contribution in [0.3, 0.4) is 0 Å². The molecule has 2 atom stereocenters. The van der Waals surface area contributed by atoms with E-state index in [9.17, 15) is 9.18 Å². The Balaban J connectivity index is 1.41. The van der Waals surface area contributed by atoms with Gasteiger partial charge in [-0.1, -0.05) is 30.3 Å². The van der Waals surface area contributed by atoms with Crippen molar-refractivity contribution >= 4 is 5.91 Å². The van der Waals surface area contributed by atoms with Crippen molar-refractivity contribution in [3.05, 3.63) is 77.4 Å². The summed E-state index contributed by atoms with van der Waals surface area (Å²) in [5.41, 5.74) is 1.20. The van der Waals surface area contributed by atoms with Crippen LogP contribution in [0.1, 0.15) is 27.7 Å². The zero-order valence-electron chi connectivity index (χ0n) is 16.8. The van der Waals surface area contributed by atoms with Gasteiger partial charge in [-0.15, -0.1) is 0 Å². The number of carbonyl (C=O) groups excluding carboxylic acids is 1. The summed E-state index contributed by atoms with van der Waals surface area (Å²) in [4.78, 5) is 25.9. The standard InChI is InChI=1S/C22H23FN6O/c1-15-25-21(27-26-15)22-13-28(10-16-5-3-2-4-6-16)11-17(22)12-29(14-22)20(30)19-8-7-18(23)9-24-19/h2-9,17H,10-14H2,1H3,(H,25,26,27)/t17-,22-/m0/s1. The molecular weight excluding hydrogens is 383 g/mol. The Hall–Kier alpha value is -3.13. The molecule has 2 aliphatic heterocycles. The highest BCUT2D eigenvalue weighted by atomic mass is 19.1. The van der Waals surface area contributed by atoms with E-state index in [4.69, 9.17) is 0 Å². The quantitative estimate of drug-likeness (QED) is 0.719. The van der Waals surface area contributed by atoms with E-state index in [1.807, 2.05) is 17.9 Å². The molecule has 154 valence electrons. The van der Waals surface area contributed by atoms with E-state index in [1.165, 1.54) is 17.7 Å². The molecular formula is C22H23FN6O. The van der Waals surface area contributed by atoms with Crippen molar-refractivity contribution in [2.75, 3.05) is 26.2 Å². The Morgan fingerprint density at radius 2 is 2.03 bits per heavy atom. The maximum atomic E-state index is 13.2. The Bertz CT molecular complexity index is 1050. The highest BCUT2D eigenvalue weighted by Crippen LogP contribution is 2.44. The first-order valence-corrected chi connectivity index (χ1v) is 10.1. The van der Waals surface area contributed by atoms with Gasteiger partial charge in [-0.25, -0.2) is 14.4 Å². The molecule has 2 saturated heterocycles. The number of halogens is 1. The van der Waals surface area contributed by atoms with E-state index in [1.54, 1.807) is 0 Å². The normalized spacial score (nSPS) is 23.7. The van der Waals surface area contributed by atoms with Crippen molar-refractivity contribution in [2.45, 2.75) is 18.9 Å². The number of likely N-dealkylation sites (tertiary alicyclic amines) is 2. The summed E-state index contributed by atoms with van der Waals surface area (Å²) in [5.74, 6) is 1.13. The molecule has 0 aliphatic carbocycles. The van der Waals surface area contributed by atoms with Gasteiger partial charge in [0.1, 0.15) is 17.3 Å². The van der Waals surface area contributed by atoms with Crippen LogP contribution in [0.4, 0.5) is 4.39 Å². The topological polar surface area (TPSA) is 78.0 Å². The molecule has 5 rings (SSSR count). The maximum Gasteiger partial charge on any atom is 0.272 e. The molecule has 30 heavy (non-hydrogen) atoms. The number of H-pyrrole nitrogens is 1. The first-order chi connectivity index (χ1) is 14.5. The molecule has 1 amide bonds. The van der Waals surface area contributed by atoms with Gasteiger partial charge in [0.05, 0.1) is 11.6 Å². The van der Waals surface area contributed by atoms with Crippen LogP contribution in [-0.2, 0) is 12.0 Å². The first kappa shape index (κ1) is 18.9. The molecule has 8 heteroatoms. The monoisotopic (exact) mass is 406 g/mol. The number of aryl methyl sites for hydroxylation is 1. The number of fused-ring (bicyclic) bond motifs is 1. The lowest BCUT2D eigenvalue weighted by Crippen LogP contribution is -2.40. The number of aromatic nitrogens is 4. The molecule has 2 aromatic heterocycles. The summed E-state index contributed by atoms with van der Waals surface area (Å²) in [5, 5.41) is 7.45. The van der Waals surface area contributed by atoms with E-state index < -0.39 is 5.82 Å². The fraction of sp³-hybridized carbons (Fsp3) is 0.364.